The highest BCUT2D eigenvalue weighted by Gasteiger charge is 2.34. The molecule has 4 rings (SSSR count). The van der Waals surface area contributed by atoms with Gasteiger partial charge in [-0.15, -0.1) is 0 Å². The van der Waals surface area contributed by atoms with Gasteiger partial charge in [-0.1, -0.05) is 23.2 Å². The van der Waals surface area contributed by atoms with Gasteiger partial charge in [-0.2, -0.15) is 0 Å². The minimum absolute atomic E-state index is 0.0145. The topological polar surface area (TPSA) is 71.5 Å². The first-order valence-electron chi connectivity index (χ1n) is 8.68. The summed E-state index contributed by atoms with van der Waals surface area (Å²) >= 11 is 17.4. The Morgan fingerprint density at radius 1 is 1.10 bits per heavy atom. The number of nitrogens with one attached hydrogen (secondary N) is 1. The Morgan fingerprint density at radius 3 is 2.53 bits per heavy atom. The van der Waals surface area contributed by atoms with Gasteiger partial charge < -0.3 is 4.74 Å². The number of nitrogens with zero attached hydrogens (tertiary/aromatic N) is 2. The highest BCUT2D eigenvalue weighted by atomic mass is 35.5. The molecular weight excluding hydrogens is 445 g/mol. The Morgan fingerprint density at radius 2 is 1.83 bits per heavy atom. The van der Waals surface area contributed by atoms with E-state index >= 15 is 0 Å². The number of pyridine rings is 1. The summed E-state index contributed by atoms with van der Waals surface area (Å²) in [6.07, 6.45) is 1.40. The molecule has 1 saturated heterocycles. The van der Waals surface area contributed by atoms with E-state index in [0.29, 0.717) is 27.5 Å². The standard InChI is InChI=1S/C21H13Cl2N3O3S/c1-29-15-7-2-11-8-12(18(23)24-17(11)10-15)9-16-19(27)25-21(30)26(20(16)28)14-5-3-13(22)4-6-14/h2-10H,1H3,(H,25,27,30). The number of benzene rings is 2. The van der Waals surface area contributed by atoms with Gasteiger partial charge in [-0.3, -0.25) is 19.8 Å². The molecule has 0 atom stereocenters. The van der Waals surface area contributed by atoms with E-state index in [4.69, 9.17) is 40.2 Å². The molecule has 0 bridgehead atoms. The maximum Gasteiger partial charge on any atom is 0.270 e. The molecule has 1 fully saturated rings. The first-order chi connectivity index (χ1) is 14.4. The number of amides is 2. The maximum atomic E-state index is 13.1. The van der Waals surface area contributed by atoms with Crippen LogP contribution in [-0.2, 0) is 9.59 Å². The number of carbonyl (C=O) groups excluding carboxylic acids is 2. The number of rotatable bonds is 3. The number of aromatic nitrogens is 1. The third kappa shape index (κ3) is 3.75. The normalized spacial score (nSPS) is 15.6. The van der Waals surface area contributed by atoms with E-state index in [1.165, 1.54) is 11.0 Å². The van der Waals surface area contributed by atoms with Gasteiger partial charge >= 0.3 is 0 Å². The van der Waals surface area contributed by atoms with Gasteiger partial charge in [0.15, 0.2) is 5.11 Å². The molecule has 0 aliphatic carbocycles. The first kappa shape index (κ1) is 20.3. The highest BCUT2D eigenvalue weighted by molar-refractivity contribution is 7.80. The molecule has 0 spiro atoms. The van der Waals surface area contributed by atoms with Crippen LogP contribution >= 0.6 is 35.4 Å². The molecule has 9 heteroatoms. The number of hydrogen-bond donors (Lipinski definition) is 1. The second-order valence-electron chi connectivity index (χ2n) is 6.36. The molecule has 1 aliphatic heterocycles. The lowest BCUT2D eigenvalue weighted by Gasteiger charge is -2.29. The smallest absolute Gasteiger partial charge is 0.270 e. The minimum Gasteiger partial charge on any atom is -0.497 e. The summed E-state index contributed by atoms with van der Waals surface area (Å²) in [7, 11) is 1.56. The molecule has 30 heavy (non-hydrogen) atoms. The summed E-state index contributed by atoms with van der Waals surface area (Å²) in [6.45, 7) is 0. The van der Waals surface area contributed by atoms with E-state index in [1.807, 2.05) is 6.07 Å². The van der Waals surface area contributed by atoms with E-state index in [0.717, 1.165) is 5.39 Å². The summed E-state index contributed by atoms with van der Waals surface area (Å²) in [5.74, 6) is -0.538. The third-order valence-electron chi connectivity index (χ3n) is 4.49. The monoisotopic (exact) mass is 457 g/mol. The molecule has 6 nitrogen and oxygen atoms in total. The largest absolute Gasteiger partial charge is 0.497 e. The van der Waals surface area contributed by atoms with E-state index in [1.54, 1.807) is 49.6 Å². The second kappa shape index (κ2) is 8.02. The van der Waals surface area contributed by atoms with E-state index in [-0.39, 0.29) is 15.8 Å². The van der Waals surface area contributed by atoms with Crippen molar-refractivity contribution in [2.24, 2.45) is 0 Å². The lowest BCUT2D eigenvalue weighted by Crippen LogP contribution is -2.54. The Balaban J connectivity index is 1.77. The molecule has 1 N–H and O–H groups in total. The average molecular weight is 458 g/mol. The fraction of sp³-hybridized carbons (Fsp3) is 0.0476. The van der Waals surface area contributed by atoms with Crippen molar-refractivity contribution in [3.63, 3.8) is 0 Å². The average Bonchev–Trinajstić information content (AvgIpc) is 2.72. The quantitative estimate of drug-likeness (QED) is 0.273. The fourth-order valence-corrected chi connectivity index (χ4v) is 3.61. The zero-order valence-corrected chi connectivity index (χ0v) is 17.8. The van der Waals surface area contributed by atoms with Crippen LogP contribution < -0.4 is 15.0 Å². The fourth-order valence-electron chi connectivity index (χ4n) is 3.01. The van der Waals surface area contributed by atoms with Crippen molar-refractivity contribution in [3.05, 3.63) is 69.8 Å². The number of thiocarbonyl (C=S) groups is 1. The van der Waals surface area contributed by atoms with E-state index in [2.05, 4.69) is 10.3 Å². The van der Waals surface area contributed by atoms with Crippen molar-refractivity contribution in [1.82, 2.24) is 10.3 Å². The highest BCUT2D eigenvalue weighted by Crippen LogP contribution is 2.28. The molecule has 3 aromatic rings. The SMILES string of the molecule is COc1ccc2cc(C=C3C(=O)NC(=S)N(c4ccc(Cl)cc4)C3=O)c(Cl)nc2c1. The maximum absolute atomic E-state index is 13.1. The third-order valence-corrected chi connectivity index (χ3v) is 5.33. The van der Waals surface area contributed by atoms with Gasteiger partial charge in [-0.25, -0.2) is 4.98 Å². The molecule has 1 aromatic heterocycles. The van der Waals surface area contributed by atoms with Gasteiger partial charge in [0, 0.05) is 22.0 Å². The predicted octanol–water partition coefficient (Wildman–Crippen LogP) is 4.38. The Bertz CT molecular complexity index is 1240. The van der Waals surface area contributed by atoms with Crippen LogP contribution in [0.5, 0.6) is 5.75 Å². The van der Waals surface area contributed by atoms with Crippen LogP contribution in [0.3, 0.4) is 0 Å². The summed E-state index contributed by atoms with van der Waals surface area (Å²) in [5, 5.41) is 3.96. The second-order valence-corrected chi connectivity index (χ2v) is 7.54. The summed E-state index contributed by atoms with van der Waals surface area (Å²) in [6, 6.07) is 13.6. The van der Waals surface area contributed by atoms with Crippen LogP contribution in [0.25, 0.3) is 17.0 Å². The zero-order valence-electron chi connectivity index (χ0n) is 15.5. The van der Waals surface area contributed by atoms with Gasteiger partial charge in [-0.05, 0) is 60.8 Å². The van der Waals surface area contributed by atoms with Gasteiger partial charge in [0.2, 0.25) is 0 Å². The molecule has 0 unspecified atom stereocenters. The molecule has 1 aliphatic rings. The van der Waals surface area contributed by atoms with E-state index < -0.39 is 11.8 Å². The number of carbonyl (C=O) groups is 2. The lowest BCUT2D eigenvalue weighted by molar-refractivity contribution is -0.122. The molecule has 150 valence electrons. The van der Waals surface area contributed by atoms with Crippen molar-refractivity contribution in [1.29, 1.82) is 0 Å². The van der Waals surface area contributed by atoms with Crippen molar-refractivity contribution in [2.75, 3.05) is 12.0 Å². The summed E-state index contributed by atoms with van der Waals surface area (Å²) in [5.41, 5.74) is 1.42. The van der Waals surface area contributed by atoms with Crippen LogP contribution in [0.2, 0.25) is 10.2 Å². The van der Waals surface area contributed by atoms with Crippen molar-refractivity contribution < 1.29 is 14.3 Å². The van der Waals surface area contributed by atoms with Crippen LogP contribution in [0.4, 0.5) is 5.69 Å². The lowest BCUT2D eigenvalue weighted by atomic mass is 10.1. The predicted molar refractivity (Wildman–Crippen MR) is 121 cm³/mol. The van der Waals surface area contributed by atoms with Crippen molar-refractivity contribution in [3.8, 4) is 5.75 Å². The summed E-state index contributed by atoms with van der Waals surface area (Å²) in [4.78, 5) is 31.2. The first-order valence-corrected chi connectivity index (χ1v) is 9.85. The molecule has 0 radical (unpaired) electrons. The van der Waals surface area contributed by atoms with Crippen LogP contribution in [0, 0.1) is 0 Å². The molecule has 0 saturated carbocycles. The van der Waals surface area contributed by atoms with Crippen molar-refractivity contribution in [2.45, 2.75) is 0 Å². The van der Waals surface area contributed by atoms with Gasteiger partial charge in [0.05, 0.1) is 18.3 Å². The number of fused-ring (bicyclic) bond motifs is 1. The van der Waals surface area contributed by atoms with Gasteiger partial charge in [0.1, 0.15) is 16.5 Å². The van der Waals surface area contributed by atoms with Crippen LogP contribution in [0.1, 0.15) is 5.56 Å². The van der Waals surface area contributed by atoms with E-state index in [9.17, 15) is 9.59 Å². The van der Waals surface area contributed by atoms with Crippen LogP contribution in [-0.4, -0.2) is 29.0 Å². The Kier molecular flexibility index (Phi) is 5.42. The number of ether oxygens (including phenoxy) is 1. The number of methoxy groups -OCH3 is 1. The number of hydrogen-bond acceptors (Lipinski definition) is 5. The number of halogens is 2. The molecule has 2 aromatic carbocycles. The summed E-state index contributed by atoms with van der Waals surface area (Å²) < 4.78 is 5.19. The molecule has 2 amide bonds. The minimum atomic E-state index is -0.610. The Labute approximate surface area is 187 Å². The van der Waals surface area contributed by atoms with Crippen molar-refractivity contribution >= 4 is 75.0 Å². The van der Waals surface area contributed by atoms with Gasteiger partial charge in [0.25, 0.3) is 11.8 Å². The molecule has 2 heterocycles. The molecular formula is C21H13Cl2N3O3S. The van der Waals surface area contributed by atoms with Crippen LogP contribution in [0.15, 0.2) is 54.1 Å². The zero-order chi connectivity index (χ0) is 21.4. The Hall–Kier alpha value is -3.00. The number of anilines is 1.